The number of H-pyrrole nitrogens is 1. The minimum absolute atomic E-state index is 0.0129. The first kappa shape index (κ1) is 18.6. The molecular formula is C23H25N3O2S. The topological polar surface area (TPSA) is 74.8 Å². The third-order valence-electron chi connectivity index (χ3n) is 6.06. The number of hydrogen-bond acceptors (Lipinski definition) is 4. The van der Waals surface area contributed by atoms with Crippen LogP contribution in [0.2, 0.25) is 0 Å². The molecule has 2 N–H and O–H groups in total. The van der Waals surface area contributed by atoms with Crippen molar-refractivity contribution in [3.63, 3.8) is 0 Å². The van der Waals surface area contributed by atoms with Crippen molar-refractivity contribution in [2.45, 2.75) is 57.9 Å². The average molecular weight is 408 g/mol. The van der Waals surface area contributed by atoms with Crippen LogP contribution in [0.4, 0.5) is 0 Å². The summed E-state index contributed by atoms with van der Waals surface area (Å²) in [6.07, 6.45) is 6.25. The molecule has 0 aliphatic heterocycles. The molecule has 1 saturated carbocycles. The maximum Gasteiger partial charge on any atom is 0.259 e. The first-order chi connectivity index (χ1) is 14.1. The number of rotatable bonds is 6. The lowest BCUT2D eigenvalue weighted by atomic mass is 10.0. The summed E-state index contributed by atoms with van der Waals surface area (Å²) < 4.78 is 0. The second kappa shape index (κ2) is 7.41. The maximum atomic E-state index is 12.6. The zero-order chi connectivity index (χ0) is 20.0. The molecule has 1 atom stereocenters. The SMILES string of the molecule is Cc1ccc(C(NC(=O)CCc2nc3sc4c(c3c(=O)[nH]2)CCC4)C2CC2)cc1. The zero-order valence-corrected chi connectivity index (χ0v) is 17.4. The largest absolute Gasteiger partial charge is 0.349 e. The fourth-order valence-electron chi connectivity index (χ4n) is 4.32. The maximum absolute atomic E-state index is 12.6. The van der Waals surface area contributed by atoms with Crippen molar-refractivity contribution >= 4 is 27.5 Å². The van der Waals surface area contributed by atoms with Crippen molar-refractivity contribution in [3.8, 4) is 0 Å². The molecule has 5 rings (SSSR count). The fraction of sp³-hybridized carbons (Fsp3) is 0.435. The number of carbonyl (C=O) groups excluding carboxylic acids is 1. The van der Waals surface area contributed by atoms with Gasteiger partial charge in [0.1, 0.15) is 10.7 Å². The Morgan fingerprint density at radius 3 is 2.83 bits per heavy atom. The van der Waals surface area contributed by atoms with Crippen molar-refractivity contribution in [1.82, 2.24) is 15.3 Å². The summed E-state index contributed by atoms with van der Waals surface area (Å²) in [4.78, 5) is 34.9. The van der Waals surface area contributed by atoms with Crippen LogP contribution >= 0.6 is 11.3 Å². The van der Waals surface area contributed by atoms with Gasteiger partial charge in [-0.25, -0.2) is 4.98 Å². The van der Waals surface area contributed by atoms with Crippen LogP contribution < -0.4 is 10.9 Å². The van der Waals surface area contributed by atoms with E-state index in [0.717, 1.165) is 42.3 Å². The summed E-state index contributed by atoms with van der Waals surface area (Å²) in [5.41, 5.74) is 3.53. The van der Waals surface area contributed by atoms with Crippen molar-refractivity contribution in [3.05, 3.63) is 62.0 Å². The minimum Gasteiger partial charge on any atom is -0.349 e. The lowest BCUT2D eigenvalue weighted by Crippen LogP contribution is -2.30. The Hall–Kier alpha value is -2.47. The lowest BCUT2D eigenvalue weighted by Gasteiger charge is -2.19. The van der Waals surface area contributed by atoms with Crippen molar-refractivity contribution in [1.29, 1.82) is 0 Å². The quantitative estimate of drug-likeness (QED) is 0.649. The Bertz CT molecular complexity index is 1130. The van der Waals surface area contributed by atoms with Crippen LogP contribution in [0.15, 0.2) is 29.1 Å². The molecule has 2 aliphatic carbocycles. The van der Waals surface area contributed by atoms with Crippen LogP contribution in [0, 0.1) is 12.8 Å². The molecular weight excluding hydrogens is 382 g/mol. The van der Waals surface area contributed by atoms with Gasteiger partial charge in [0, 0.05) is 17.7 Å². The molecule has 1 amide bonds. The van der Waals surface area contributed by atoms with E-state index >= 15 is 0 Å². The number of nitrogens with zero attached hydrogens (tertiary/aromatic N) is 1. The average Bonchev–Trinajstić information content (AvgIpc) is 3.34. The molecule has 6 heteroatoms. The third kappa shape index (κ3) is 3.73. The van der Waals surface area contributed by atoms with Crippen LogP contribution in [0.25, 0.3) is 10.2 Å². The number of aryl methyl sites for hydroxylation is 4. The van der Waals surface area contributed by atoms with E-state index in [1.807, 2.05) is 0 Å². The number of amides is 1. The standard InChI is InChI=1S/C23H25N3O2S/c1-13-5-7-14(8-6-13)21(15-9-10-15)26-19(27)12-11-18-24-22(28)20-16-3-2-4-17(16)29-23(20)25-18/h5-8,15,21H,2-4,9-12H2,1H3,(H,26,27)(H,24,25,28). The minimum atomic E-state index is -0.0553. The van der Waals surface area contributed by atoms with Crippen LogP contribution in [-0.4, -0.2) is 15.9 Å². The van der Waals surface area contributed by atoms with Gasteiger partial charge in [-0.05, 0) is 56.1 Å². The Morgan fingerprint density at radius 1 is 1.28 bits per heavy atom. The number of fused-ring (bicyclic) bond motifs is 3. The molecule has 1 aromatic carbocycles. The fourth-order valence-corrected chi connectivity index (χ4v) is 5.60. The van der Waals surface area contributed by atoms with Gasteiger partial charge in [-0.3, -0.25) is 9.59 Å². The monoisotopic (exact) mass is 407 g/mol. The molecule has 2 aliphatic rings. The number of carbonyl (C=O) groups is 1. The van der Waals surface area contributed by atoms with E-state index in [-0.39, 0.29) is 17.5 Å². The predicted molar refractivity (Wildman–Crippen MR) is 115 cm³/mol. The zero-order valence-electron chi connectivity index (χ0n) is 16.6. The summed E-state index contributed by atoms with van der Waals surface area (Å²) in [5, 5.41) is 3.98. The van der Waals surface area contributed by atoms with E-state index in [1.54, 1.807) is 11.3 Å². The third-order valence-corrected chi connectivity index (χ3v) is 7.25. The summed E-state index contributed by atoms with van der Waals surface area (Å²) >= 11 is 1.64. The Balaban J connectivity index is 1.28. The molecule has 150 valence electrons. The summed E-state index contributed by atoms with van der Waals surface area (Å²) in [7, 11) is 0. The number of hydrogen-bond donors (Lipinski definition) is 2. The molecule has 0 saturated heterocycles. The van der Waals surface area contributed by atoms with Crippen LogP contribution in [-0.2, 0) is 24.1 Å². The van der Waals surface area contributed by atoms with Gasteiger partial charge in [0.25, 0.3) is 5.56 Å². The second-order valence-electron chi connectivity index (χ2n) is 8.34. The van der Waals surface area contributed by atoms with Gasteiger partial charge in [0.05, 0.1) is 11.4 Å². The summed E-state index contributed by atoms with van der Waals surface area (Å²) in [6, 6.07) is 8.50. The Labute approximate surface area is 173 Å². The van der Waals surface area contributed by atoms with Gasteiger partial charge in [0.2, 0.25) is 5.91 Å². The molecule has 5 nitrogen and oxygen atoms in total. The second-order valence-corrected chi connectivity index (χ2v) is 9.43. The number of benzene rings is 1. The van der Waals surface area contributed by atoms with E-state index in [0.29, 0.717) is 24.6 Å². The highest BCUT2D eigenvalue weighted by Crippen LogP contribution is 2.41. The van der Waals surface area contributed by atoms with Crippen LogP contribution in [0.1, 0.15) is 59.1 Å². The molecule has 0 radical (unpaired) electrons. The summed E-state index contributed by atoms with van der Waals surface area (Å²) in [5.74, 6) is 1.15. The molecule has 2 aromatic heterocycles. The predicted octanol–water partition coefficient (Wildman–Crippen LogP) is 3.98. The lowest BCUT2D eigenvalue weighted by molar-refractivity contribution is -0.122. The van der Waals surface area contributed by atoms with Gasteiger partial charge in [0.15, 0.2) is 0 Å². The first-order valence-electron chi connectivity index (χ1n) is 10.5. The Morgan fingerprint density at radius 2 is 2.07 bits per heavy atom. The smallest absolute Gasteiger partial charge is 0.259 e. The highest BCUT2D eigenvalue weighted by atomic mass is 32.1. The molecule has 2 heterocycles. The van der Waals surface area contributed by atoms with Gasteiger partial charge in [-0.2, -0.15) is 0 Å². The van der Waals surface area contributed by atoms with E-state index < -0.39 is 0 Å². The molecule has 29 heavy (non-hydrogen) atoms. The molecule has 3 aromatic rings. The van der Waals surface area contributed by atoms with Crippen molar-refractivity contribution in [2.24, 2.45) is 5.92 Å². The van der Waals surface area contributed by atoms with Gasteiger partial charge in [-0.1, -0.05) is 29.8 Å². The van der Waals surface area contributed by atoms with Crippen molar-refractivity contribution < 1.29 is 4.79 Å². The van der Waals surface area contributed by atoms with Gasteiger partial charge < -0.3 is 10.3 Å². The van der Waals surface area contributed by atoms with Crippen LogP contribution in [0.3, 0.4) is 0 Å². The van der Waals surface area contributed by atoms with E-state index in [1.165, 1.54) is 21.6 Å². The van der Waals surface area contributed by atoms with Crippen LogP contribution in [0.5, 0.6) is 0 Å². The van der Waals surface area contributed by atoms with Crippen molar-refractivity contribution in [2.75, 3.05) is 0 Å². The summed E-state index contributed by atoms with van der Waals surface area (Å²) in [6.45, 7) is 2.07. The number of thiophene rings is 1. The Kier molecular flexibility index (Phi) is 4.74. The first-order valence-corrected chi connectivity index (χ1v) is 11.3. The molecule has 0 bridgehead atoms. The number of aromatic amines is 1. The highest BCUT2D eigenvalue weighted by molar-refractivity contribution is 7.18. The van der Waals surface area contributed by atoms with Gasteiger partial charge in [-0.15, -0.1) is 11.3 Å². The van der Waals surface area contributed by atoms with E-state index in [2.05, 4.69) is 46.5 Å². The number of nitrogens with one attached hydrogen (secondary N) is 2. The normalized spacial score (nSPS) is 16.7. The number of aromatic nitrogens is 2. The molecule has 1 unspecified atom stereocenters. The highest BCUT2D eigenvalue weighted by Gasteiger charge is 2.33. The molecule has 1 fully saturated rings. The van der Waals surface area contributed by atoms with E-state index in [9.17, 15) is 9.59 Å². The molecule has 0 spiro atoms. The van der Waals surface area contributed by atoms with E-state index in [4.69, 9.17) is 0 Å². The van der Waals surface area contributed by atoms with Gasteiger partial charge >= 0.3 is 0 Å².